The highest BCUT2D eigenvalue weighted by atomic mass is 15.2. The zero-order valence-corrected chi connectivity index (χ0v) is 38.3. The molecule has 0 fully saturated rings. The summed E-state index contributed by atoms with van der Waals surface area (Å²) in [7, 11) is 0. The second kappa shape index (κ2) is 16.5. The van der Waals surface area contributed by atoms with Gasteiger partial charge in [0.1, 0.15) is 0 Å². The molecule has 12 rings (SSSR count). The van der Waals surface area contributed by atoms with Gasteiger partial charge in [0.15, 0.2) is 0 Å². The van der Waals surface area contributed by atoms with Crippen molar-refractivity contribution in [3.8, 4) is 11.1 Å². The van der Waals surface area contributed by atoms with E-state index >= 15 is 0 Å². The van der Waals surface area contributed by atoms with Gasteiger partial charge in [0.2, 0.25) is 0 Å². The van der Waals surface area contributed by atoms with Crippen LogP contribution in [0.5, 0.6) is 0 Å². The fraction of sp³-hybridized carbons (Fsp3) is 0.219. The molecular weight excluding hydrogens is 797 g/mol. The molecule has 4 unspecified atom stereocenters. The summed E-state index contributed by atoms with van der Waals surface area (Å²) in [4.78, 5) is 5.07. The van der Waals surface area contributed by atoms with Crippen LogP contribution in [0.15, 0.2) is 235 Å². The summed E-state index contributed by atoms with van der Waals surface area (Å²) in [6.45, 7) is 5.02. The smallest absolute Gasteiger partial charge is 0.0492 e. The molecule has 2 nitrogen and oxygen atoms in total. The third kappa shape index (κ3) is 6.59. The molecular formula is C64H58N2. The van der Waals surface area contributed by atoms with Crippen LogP contribution in [0.4, 0.5) is 28.4 Å². The molecule has 0 radical (unpaired) electrons. The predicted octanol–water partition coefficient (Wildman–Crippen LogP) is 17.1. The molecule has 6 aliphatic carbocycles. The number of hydrogen-bond acceptors (Lipinski definition) is 2. The number of fused-ring (bicyclic) bond motifs is 4. The Kier molecular flexibility index (Phi) is 10.2. The van der Waals surface area contributed by atoms with Crippen molar-refractivity contribution in [2.24, 2.45) is 23.2 Å². The Morgan fingerprint density at radius 3 is 2.02 bits per heavy atom. The maximum atomic E-state index is 2.58. The van der Waals surface area contributed by atoms with Crippen molar-refractivity contribution >= 4 is 34.0 Å². The second-order valence-electron chi connectivity index (χ2n) is 19.8. The summed E-state index contributed by atoms with van der Waals surface area (Å²) < 4.78 is 0. The average molecular weight is 855 g/mol. The van der Waals surface area contributed by atoms with Gasteiger partial charge in [-0.3, -0.25) is 0 Å². The van der Waals surface area contributed by atoms with Gasteiger partial charge in [-0.25, -0.2) is 0 Å². The summed E-state index contributed by atoms with van der Waals surface area (Å²) in [6.07, 6.45) is 29.2. The van der Waals surface area contributed by atoms with Gasteiger partial charge in [0.05, 0.1) is 0 Å². The maximum Gasteiger partial charge on any atom is 0.0492 e. The first-order valence-corrected chi connectivity index (χ1v) is 24.4. The first-order valence-electron chi connectivity index (χ1n) is 24.4. The molecule has 0 heterocycles. The molecule has 0 spiro atoms. The Hall–Kier alpha value is -6.90. The molecule has 324 valence electrons. The third-order valence-electron chi connectivity index (χ3n) is 16.1. The van der Waals surface area contributed by atoms with E-state index < -0.39 is 0 Å². The number of allylic oxidation sites excluding steroid dienone is 14. The molecule has 4 atom stereocenters. The number of para-hydroxylation sites is 1. The second-order valence-corrected chi connectivity index (χ2v) is 19.8. The van der Waals surface area contributed by atoms with Crippen LogP contribution in [0.1, 0.15) is 75.5 Å². The number of rotatable bonds is 9. The van der Waals surface area contributed by atoms with Gasteiger partial charge in [0, 0.05) is 39.5 Å². The van der Waals surface area contributed by atoms with Crippen LogP contribution in [0.3, 0.4) is 0 Å². The van der Waals surface area contributed by atoms with E-state index in [1.807, 2.05) is 0 Å². The largest absolute Gasteiger partial charge is 0.314 e. The van der Waals surface area contributed by atoms with Crippen LogP contribution in [0.25, 0.3) is 16.7 Å². The number of benzene rings is 6. The van der Waals surface area contributed by atoms with E-state index in [0.29, 0.717) is 17.8 Å². The van der Waals surface area contributed by atoms with E-state index in [1.54, 1.807) is 16.7 Å². The van der Waals surface area contributed by atoms with Gasteiger partial charge < -0.3 is 9.80 Å². The zero-order chi connectivity index (χ0) is 44.2. The highest BCUT2D eigenvalue weighted by Crippen LogP contribution is 2.61. The lowest BCUT2D eigenvalue weighted by atomic mass is 9.60. The third-order valence-corrected chi connectivity index (χ3v) is 16.1. The molecule has 0 aromatic heterocycles. The lowest BCUT2D eigenvalue weighted by Crippen LogP contribution is -2.37. The van der Waals surface area contributed by atoms with Gasteiger partial charge >= 0.3 is 0 Å². The van der Waals surface area contributed by atoms with Crippen molar-refractivity contribution in [2.45, 2.75) is 64.2 Å². The molecule has 66 heavy (non-hydrogen) atoms. The monoisotopic (exact) mass is 854 g/mol. The summed E-state index contributed by atoms with van der Waals surface area (Å²) in [6, 6.07) is 59.2. The van der Waals surface area contributed by atoms with Gasteiger partial charge in [0.25, 0.3) is 0 Å². The van der Waals surface area contributed by atoms with E-state index in [-0.39, 0.29) is 10.8 Å². The average Bonchev–Trinajstić information content (AvgIpc) is 3.81. The lowest BCUT2D eigenvalue weighted by Gasteiger charge is -2.42. The van der Waals surface area contributed by atoms with Gasteiger partial charge in [-0.1, -0.05) is 177 Å². The Balaban J connectivity index is 0.992. The fourth-order valence-electron chi connectivity index (χ4n) is 13.1. The summed E-state index contributed by atoms with van der Waals surface area (Å²) in [5, 5.41) is 0. The van der Waals surface area contributed by atoms with Crippen molar-refractivity contribution in [1.29, 1.82) is 0 Å². The highest BCUT2D eigenvalue weighted by molar-refractivity contribution is 5.90. The van der Waals surface area contributed by atoms with E-state index in [4.69, 9.17) is 0 Å². The molecule has 6 aromatic carbocycles. The predicted molar refractivity (Wildman–Crippen MR) is 278 cm³/mol. The van der Waals surface area contributed by atoms with Gasteiger partial charge in [-0.2, -0.15) is 0 Å². The quantitative estimate of drug-likeness (QED) is 0.143. The molecule has 0 amide bonds. The SMILES string of the molecule is CC1(C)C2=C(CCC=C2)C2CC=C(N(c3ccc(-c4ccccc4)cc3)c3cccc(N(c4ccccc4)c4cccc(C5(C6C=CC=CC6)C6=C(C=CCC6)c6ccccc65)c4)c3)CC21. The van der Waals surface area contributed by atoms with Crippen molar-refractivity contribution in [3.63, 3.8) is 0 Å². The molecule has 6 aliphatic rings. The Morgan fingerprint density at radius 2 is 1.21 bits per heavy atom. The highest BCUT2D eigenvalue weighted by Gasteiger charge is 2.51. The summed E-state index contributed by atoms with van der Waals surface area (Å²) in [5.74, 6) is 1.48. The Labute approximate surface area is 392 Å². The van der Waals surface area contributed by atoms with Crippen molar-refractivity contribution < 1.29 is 0 Å². The Morgan fingerprint density at radius 1 is 0.545 bits per heavy atom. The van der Waals surface area contributed by atoms with E-state index in [9.17, 15) is 0 Å². The molecule has 6 aromatic rings. The molecule has 0 aliphatic heterocycles. The summed E-state index contributed by atoms with van der Waals surface area (Å²) >= 11 is 0. The topological polar surface area (TPSA) is 6.48 Å². The molecule has 0 saturated heterocycles. The van der Waals surface area contributed by atoms with Crippen molar-refractivity contribution in [1.82, 2.24) is 0 Å². The maximum absolute atomic E-state index is 2.58. The van der Waals surface area contributed by atoms with Gasteiger partial charge in [-0.05, 0) is 167 Å². The molecule has 0 N–H and O–H groups in total. The normalized spacial score (nSPS) is 23.2. The number of anilines is 5. The standard InChI is InChI=1S/C64H58N2/c1-63(2)59-33-15-12-30-55(59)58-41-40-54(44-62(58)63)66(50-38-36-46(37-39-50)45-20-6-3-7-21-45)53-29-19-28-52(43-53)65(49-25-10-5-11-26-49)51-27-18-24-48(42-51)64(47-22-8-4-9-23-47)60-34-16-13-31-56(60)57-32-14-17-35-61(57)64/h3-11,13-16,18-22,24-29,31-34,36-40,42-43,47,58,62H,12,17,23,30,35,41,44H2,1-2H3. The van der Waals surface area contributed by atoms with E-state index in [0.717, 1.165) is 43.5 Å². The minimum absolute atomic E-state index is 0.127. The van der Waals surface area contributed by atoms with E-state index in [2.05, 4.69) is 236 Å². The molecule has 0 bridgehead atoms. The first-order chi connectivity index (χ1) is 32.5. The van der Waals surface area contributed by atoms with Gasteiger partial charge in [-0.15, -0.1) is 0 Å². The minimum Gasteiger partial charge on any atom is -0.314 e. The van der Waals surface area contributed by atoms with Crippen LogP contribution in [0.2, 0.25) is 0 Å². The summed E-state index contributed by atoms with van der Waals surface area (Å²) in [5.41, 5.74) is 20.0. The van der Waals surface area contributed by atoms with Crippen LogP contribution in [-0.2, 0) is 5.41 Å². The van der Waals surface area contributed by atoms with Crippen LogP contribution in [0, 0.1) is 23.2 Å². The van der Waals surface area contributed by atoms with Crippen LogP contribution < -0.4 is 9.80 Å². The van der Waals surface area contributed by atoms with Crippen LogP contribution in [-0.4, -0.2) is 0 Å². The molecule has 0 saturated carbocycles. The number of hydrogen-bond donors (Lipinski definition) is 0. The molecule has 2 heteroatoms. The van der Waals surface area contributed by atoms with Crippen molar-refractivity contribution in [3.05, 3.63) is 252 Å². The van der Waals surface area contributed by atoms with Crippen molar-refractivity contribution in [2.75, 3.05) is 9.80 Å². The Bertz CT molecular complexity index is 3040. The lowest BCUT2D eigenvalue weighted by molar-refractivity contribution is 0.224. The number of nitrogens with zero attached hydrogens (tertiary/aromatic N) is 2. The first kappa shape index (κ1) is 40.6. The zero-order valence-electron chi connectivity index (χ0n) is 38.3. The fourth-order valence-corrected chi connectivity index (χ4v) is 13.1. The van der Waals surface area contributed by atoms with Crippen LogP contribution >= 0.6 is 0 Å². The minimum atomic E-state index is -0.274. The van der Waals surface area contributed by atoms with E-state index in [1.165, 1.54) is 69.0 Å².